The lowest BCUT2D eigenvalue weighted by atomic mass is 9.92. The summed E-state index contributed by atoms with van der Waals surface area (Å²) in [5, 5.41) is 30.0. The van der Waals surface area contributed by atoms with Gasteiger partial charge in [0.2, 0.25) is 0 Å². The molecule has 0 bridgehead atoms. The zero-order chi connectivity index (χ0) is 24.0. The number of hydrogen-bond acceptors (Lipinski definition) is 7. The van der Waals surface area contributed by atoms with Crippen LogP contribution in [0.1, 0.15) is 47.0 Å². The lowest BCUT2D eigenvalue weighted by Crippen LogP contribution is -2.46. The third-order valence-electron chi connectivity index (χ3n) is 5.97. The summed E-state index contributed by atoms with van der Waals surface area (Å²) in [4.78, 5) is 2.21. The molecule has 0 aliphatic heterocycles. The quantitative estimate of drug-likeness (QED) is 0.390. The minimum Gasteiger partial charge on any atom is -0.507 e. The summed E-state index contributed by atoms with van der Waals surface area (Å²) >= 11 is 0. The maximum atomic E-state index is 10.8. The van der Waals surface area contributed by atoms with E-state index in [0.29, 0.717) is 23.0 Å². The van der Waals surface area contributed by atoms with Gasteiger partial charge in [-0.1, -0.05) is 20.3 Å². The number of rotatable bonds is 11. The topological polar surface area (TPSA) is 99.2 Å². The summed E-state index contributed by atoms with van der Waals surface area (Å²) in [5.74, 6) is 1.41. The average Bonchev–Trinajstić information content (AvgIpc) is 3.33. The lowest BCUT2D eigenvalue weighted by Gasteiger charge is -2.36. The van der Waals surface area contributed by atoms with E-state index in [1.165, 1.54) is 0 Å². The second-order valence-electron chi connectivity index (χ2n) is 9.01. The highest BCUT2D eigenvalue weighted by Crippen LogP contribution is 2.40. The number of hydrogen-bond donors (Lipinski definition) is 3. The third kappa shape index (κ3) is 5.82. The molecular weight excluding hydrogens is 416 g/mol. The van der Waals surface area contributed by atoms with E-state index in [2.05, 4.69) is 65.4 Å². The summed E-state index contributed by atoms with van der Waals surface area (Å²) in [6.45, 7) is 9.76. The molecule has 1 unspecified atom stereocenters. The Morgan fingerprint density at radius 3 is 2.55 bits per heavy atom. The molecule has 1 atom stereocenters. The van der Waals surface area contributed by atoms with Crippen LogP contribution >= 0.6 is 0 Å². The number of anilines is 1. The SMILES string of the molecule is CCCC(CC(C)(C)NCC)N(C)c1ccc(-c2c(O)cc(-c3cn[nH]c3)cc2OC)nn1. The van der Waals surface area contributed by atoms with Crippen LogP contribution in [0.4, 0.5) is 5.82 Å². The number of nitrogens with one attached hydrogen (secondary N) is 2. The first-order valence-electron chi connectivity index (χ1n) is 11.5. The van der Waals surface area contributed by atoms with E-state index in [-0.39, 0.29) is 11.3 Å². The smallest absolute Gasteiger partial charge is 0.151 e. The monoisotopic (exact) mass is 452 g/mol. The Kier molecular flexibility index (Phi) is 7.92. The predicted molar refractivity (Wildman–Crippen MR) is 133 cm³/mol. The summed E-state index contributed by atoms with van der Waals surface area (Å²) in [6.07, 6.45) is 6.62. The Bertz CT molecular complexity index is 1020. The van der Waals surface area contributed by atoms with E-state index >= 15 is 0 Å². The van der Waals surface area contributed by atoms with Gasteiger partial charge >= 0.3 is 0 Å². The maximum absolute atomic E-state index is 10.8. The van der Waals surface area contributed by atoms with Crippen LogP contribution in [-0.2, 0) is 0 Å². The Balaban J connectivity index is 1.87. The minimum absolute atomic E-state index is 0.0338. The first-order valence-corrected chi connectivity index (χ1v) is 11.5. The van der Waals surface area contributed by atoms with Crippen molar-refractivity contribution in [2.75, 3.05) is 25.6 Å². The van der Waals surface area contributed by atoms with Crippen LogP contribution in [0.5, 0.6) is 11.5 Å². The second-order valence-corrected chi connectivity index (χ2v) is 9.01. The number of methoxy groups -OCH3 is 1. The van der Waals surface area contributed by atoms with Gasteiger partial charge in [-0.15, -0.1) is 10.2 Å². The summed E-state index contributed by atoms with van der Waals surface area (Å²) in [7, 11) is 3.65. The van der Waals surface area contributed by atoms with Gasteiger partial charge in [-0.05, 0) is 63.1 Å². The van der Waals surface area contributed by atoms with E-state index in [1.807, 2.05) is 18.2 Å². The van der Waals surface area contributed by atoms with Crippen LogP contribution in [0.3, 0.4) is 0 Å². The second kappa shape index (κ2) is 10.7. The van der Waals surface area contributed by atoms with Crippen molar-refractivity contribution in [2.24, 2.45) is 0 Å². The van der Waals surface area contributed by atoms with E-state index < -0.39 is 0 Å². The number of phenols is 1. The fraction of sp³-hybridized carbons (Fsp3) is 0.480. The fourth-order valence-electron chi connectivity index (χ4n) is 4.33. The van der Waals surface area contributed by atoms with Crippen molar-refractivity contribution in [1.29, 1.82) is 0 Å². The fourth-order valence-corrected chi connectivity index (χ4v) is 4.33. The lowest BCUT2D eigenvalue weighted by molar-refractivity contribution is 0.327. The molecule has 0 radical (unpaired) electrons. The van der Waals surface area contributed by atoms with Gasteiger partial charge in [0.05, 0.1) is 18.9 Å². The highest BCUT2D eigenvalue weighted by Gasteiger charge is 2.26. The van der Waals surface area contributed by atoms with Crippen molar-refractivity contribution >= 4 is 5.82 Å². The van der Waals surface area contributed by atoms with Gasteiger partial charge in [-0.3, -0.25) is 5.10 Å². The molecule has 3 N–H and O–H groups in total. The normalized spacial score (nSPS) is 12.5. The third-order valence-corrected chi connectivity index (χ3v) is 5.97. The standard InChI is InChI=1S/C25H36N6O2/c1-7-9-19(14-25(3,4)26-8-2)31(5)23-11-10-20(29-30-23)24-21(32)12-17(13-22(24)33-6)18-15-27-28-16-18/h10-13,15-16,19,26,32H,7-9,14H2,1-6H3,(H,27,28). The molecule has 0 saturated heterocycles. The van der Waals surface area contributed by atoms with Gasteiger partial charge in [0, 0.05) is 30.4 Å². The number of H-pyrrole nitrogens is 1. The van der Waals surface area contributed by atoms with Crippen LogP contribution in [0.2, 0.25) is 0 Å². The Hall–Kier alpha value is -3.13. The zero-order valence-corrected chi connectivity index (χ0v) is 20.5. The summed E-state index contributed by atoms with van der Waals surface area (Å²) in [5.41, 5.74) is 2.77. The number of aromatic nitrogens is 4. The molecule has 1 aromatic carbocycles. The average molecular weight is 453 g/mol. The predicted octanol–water partition coefficient (Wildman–Crippen LogP) is 4.63. The van der Waals surface area contributed by atoms with Gasteiger partial charge in [-0.2, -0.15) is 5.10 Å². The zero-order valence-electron chi connectivity index (χ0n) is 20.5. The molecule has 0 saturated carbocycles. The van der Waals surface area contributed by atoms with Crippen molar-refractivity contribution in [3.8, 4) is 33.9 Å². The number of nitrogens with zero attached hydrogens (tertiary/aromatic N) is 4. The molecule has 0 aliphatic carbocycles. The van der Waals surface area contributed by atoms with Crippen molar-refractivity contribution in [3.05, 3.63) is 36.7 Å². The number of aromatic hydroxyl groups is 1. The van der Waals surface area contributed by atoms with E-state index in [9.17, 15) is 5.11 Å². The molecule has 33 heavy (non-hydrogen) atoms. The molecule has 0 spiro atoms. The Morgan fingerprint density at radius 2 is 1.97 bits per heavy atom. The Morgan fingerprint density at radius 1 is 1.18 bits per heavy atom. The van der Waals surface area contributed by atoms with Gasteiger partial charge < -0.3 is 20.1 Å². The van der Waals surface area contributed by atoms with E-state index in [0.717, 1.165) is 42.8 Å². The number of phenolic OH excluding ortho intramolecular Hbond substituents is 1. The molecule has 3 rings (SSSR count). The van der Waals surface area contributed by atoms with Crippen LogP contribution < -0.4 is 15.0 Å². The first kappa shape index (κ1) is 24.5. The molecule has 3 aromatic rings. The molecule has 8 nitrogen and oxygen atoms in total. The number of aromatic amines is 1. The van der Waals surface area contributed by atoms with Crippen LogP contribution in [-0.4, -0.2) is 57.8 Å². The van der Waals surface area contributed by atoms with Crippen LogP contribution in [0.25, 0.3) is 22.4 Å². The van der Waals surface area contributed by atoms with Gasteiger partial charge in [-0.25, -0.2) is 0 Å². The van der Waals surface area contributed by atoms with Gasteiger partial charge in [0.1, 0.15) is 17.2 Å². The molecule has 178 valence electrons. The molecule has 0 fully saturated rings. The molecule has 2 heterocycles. The molecule has 2 aromatic heterocycles. The van der Waals surface area contributed by atoms with Gasteiger partial charge in [0.15, 0.2) is 5.82 Å². The highest BCUT2D eigenvalue weighted by atomic mass is 16.5. The van der Waals surface area contributed by atoms with E-state index in [1.54, 1.807) is 25.6 Å². The molecule has 0 aliphatic rings. The number of benzene rings is 1. The molecule has 8 heteroatoms. The van der Waals surface area contributed by atoms with Crippen molar-refractivity contribution in [1.82, 2.24) is 25.7 Å². The largest absolute Gasteiger partial charge is 0.507 e. The number of ether oxygens (including phenoxy) is 1. The van der Waals surface area contributed by atoms with Crippen molar-refractivity contribution in [2.45, 2.75) is 58.5 Å². The molecular formula is C25H36N6O2. The first-order chi connectivity index (χ1) is 15.8. The highest BCUT2D eigenvalue weighted by molar-refractivity contribution is 5.80. The van der Waals surface area contributed by atoms with Crippen LogP contribution in [0.15, 0.2) is 36.7 Å². The van der Waals surface area contributed by atoms with Gasteiger partial charge in [0.25, 0.3) is 0 Å². The summed E-state index contributed by atoms with van der Waals surface area (Å²) < 4.78 is 5.57. The molecule has 0 amide bonds. The summed E-state index contributed by atoms with van der Waals surface area (Å²) in [6, 6.07) is 7.72. The van der Waals surface area contributed by atoms with Crippen molar-refractivity contribution in [3.63, 3.8) is 0 Å². The Labute approximate surface area is 196 Å². The maximum Gasteiger partial charge on any atom is 0.151 e. The van der Waals surface area contributed by atoms with Crippen molar-refractivity contribution < 1.29 is 9.84 Å². The minimum atomic E-state index is 0.0338. The van der Waals surface area contributed by atoms with E-state index in [4.69, 9.17) is 4.74 Å². The van der Waals surface area contributed by atoms with Crippen LogP contribution in [0, 0.1) is 0 Å².